The van der Waals surface area contributed by atoms with Crippen LogP contribution in [0.15, 0.2) is 71.3 Å². The first-order chi connectivity index (χ1) is 15.5. The van der Waals surface area contributed by atoms with Crippen LogP contribution < -0.4 is 10.6 Å². The highest BCUT2D eigenvalue weighted by Crippen LogP contribution is 2.18. The van der Waals surface area contributed by atoms with Gasteiger partial charge in [-0.3, -0.25) is 14.4 Å². The second-order valence-corrected chi connectivity index (χ2v) is 7.87. The number of rotatable bonds is 5. The predicted octanol–water partition coefficient (Wildman–Crippen LogP) is 3.87. The molecule has 7 heteroatoms. The monoisotopic (exact) mass is 431 g/mol. The maximum Gasteiger partial charge on any atom is 0.287 e. The normalized spacial score (nSPS) is 14.1. The van der Waals surface area contributed by atoms with Crippen LogP contribution >= 0.6 is 0 Å². The van der Waals surface area contributed by atoms with E-state index in [0.717, 1.165) is 5.56 Å². The Balaban J connectivity index is 1.29. The first kappa shape index (κ1) is 21.4. The van der Waals surface area contributed by atoms with Crippen molar-refractivity contribution in [3.63, 3.8) is 0 Å². The second-order valence-electron chi connectivity index (χ2n) is 7.87. The fourth-order valence-corrected chi connectivity index (χ4v) is 3.75. The van der Waals surface area contributed by atoms with Gasteiger partial charge >= 0.3 is 0 Å². The fraction of sp³-hybridized carbons (Fsp3) is 0.240. The van der Waals surface area contributed by atoms with Crippen LogP contribution in [0.25, 0.3) is 0 Å². The molecule has 0 atom stereocenters. The summed E-state index contributed by atoms with van der Waals surface area (Å²) in [7, 11) is 0. The number of aryl methyl sites for hydroxylation is 1. The SMILES string of the molecule is Cc1ccoc1C(=O)NC1CCN(C(=O)c2ccc(NC(=O)c3ccccc3)cc2)CC1. The lowest BCUT2D eigenvalue weighted by Crippen LogP contribution is -2.46. The van der Waals surface area contributed by atoms with Gasteiger partial charge in [0.1, 0.15) is 0 Å². The molecule has 1 fully saturated rings. The number of furan rings is 1. The van der Waals surface area contributed by atoms with Crippen LogP contribution in [0, 0.1) is 6.92 Å². The molecular formula is C25H25N3O4. The predicted molar refractivity (Wildman–Crippen MR) is 121 cm³/mol. The number of benzene rings is 2. The van der Waals surface area contributed by atoms with Gasteiger partial charge in [-0.2, -0.15) is 0 Å². The zero-order valence-corrected chi connectivity index (χ0v) is 17.8. The smallest absolute Gasteiger partial charge is 0.287 e. The Morgan fingerprint density at radius 2 is 1.56 bits per heavy atom. The number of hydrogen-bond donors (Lipinski definition) is 2. The van der Waals surface area contributed by atoms with E-state index in [2.05, 4.69) is 10.6 Å². The highest BCUT2D eigenvalue weighted by atomic mass is 16.3. The molecule has 2 N–H and O–H groups in total. The van der Waals surface area contributed by atoms with Crippen molar-refractivity contribution in [2.75, 3.05) is 18.4 Å². The van der Waals surface area contributed by atoms with Gasteiger partial charge < -0.3 is 20.0 Å². The third-order valence-electron chi connectivity index (χ3n) is 5.61. The van der Waals surface area contributed by atoms with Crippen LogP contribution in [0.5, 0.6) is 0 Å². The lowest BCUT2D eigenvalue weighted by Gasteiger charge is -2.32. The first-order valence-electron chi connectivity index (χ1n) is 10.6. The molecule has 32 heavy (non-hydrogen) atoms. The van der Waals surface area contributed by atoms with E-state index in [4.69, 9.17) is 4.42 Å². The summed E-state index contributed by atoms with van der Waals surface area (Å²) in [4.78, 5) is 39.2. The average molecular weight is 431 g/mol. The molecule has 0 saturated carbocycles. The molecule has 0 spiro atoms. The van der Waals surface area contributed by atoms with Gasteiger partial charge in [0.05, 0.1) is 6.26 Å². The van der Waals surface area contributed by atoms with E-state index in [1.54, 1.807) is 47.4 Å². The standard InChI is InChI=1S/C25H25N3O4/c1-17-13-16-32-22(17)24(30)27-21-11-14-28(15-12-21)25(31)19-7-9-20(10-8-19)26-23(29)18-5-3-2-4-6-18/h2-10,13,16,21H,11-12,14-15H2,1H3,(H,26,29)(H,27,30). The maximum absolute atomic E-state index is 12.9. The number of piperidine rings is 1. The van der Waals surface area contributed by atoms with Gasteiger partial charge in [0.25, 0.3) is 17.7 Å². The van der Waals surface area contributed by atoms with Gasteiger partial charge in [0, 0.05) is 41.5 Å². The minimum Gasteiger partial charge on any atom is -0.459 e. The van der Waals surface area contributed by atoms with Crippen LogP contribution in [-0.4, -0.2) is 41.8 Å². The van der Waals surface area contributed by atoms with Crippen molar-refractivity contribution in [2.45, 2.75) is 25.8 Å². The summed E-state index contributed by atoms with van der Waals surface area (Å²) in [6.45, 7) is 2.96. The van der Waals surface area contributed by atoms with E-state index in [9.17, 15) is 14.4 Å². The highest BCUT2D eigenvalue weighted by molar-refractivity contribution is 6.04. The number of anilines is 1. The molecule has 0 radical (unpaired) electrons. The molecule has 1 aliphatic heterocycles. The second kappa shape index (κ2) is 9.51. The summed E-state index contributed by atoms with van der Waals surface area (Å²) in [5.74, 6) is -0.135. The Bertz CT molecular complexity index is 1100. The van der Waals surface area contributed by atoms with Crippen LogP contribution in [0.3, 0.4) is 0 Å². The number of likely N-dealkylation sites (tertiary alicyclic amines) is 1. The summed E-state index contributed by atoms with van der Waals surface area (Å²) in [6, 6.07) is 17.6. The number of nitrogens with one attached hydrogen (secondary N) is 2. The van der Waals surface area contributed by atoms with Gasteiger partial charge in [-0.1, -0.05) is 18.2 Å². The zero-order chi connectivity index (χ0) is 22.5. The lowest BCUT2D eigenvalue weighted by molar-refractivity contribution is 0.0695. The van der Waals surface area contributed by atoms with E-state index in [-0.39, 0.29) is 23.8 Å². The largest absolute Gasteiger partial charge is 0.459 e. The molecule has 2 aromatic carbocycles. The third kappa shape index (κ3) is 4.88. The van der Waals surface area contributed by atoms with Crippen molar-refractivity contribution >= 4 is 23.4 Å². The lowest BCUT2D eigenvalue weighted by atomic mass is 10.0. The molecule has 0 aliphatic carbocycles. The molecule has 3 amide bonds. The van der Waals surface area contributed by atoms with Crippen LogP contribution in [0.2, 0.25) is 0 Å². The number of nitrogens with zero attached hydrogens (tertiary/aromatic N) is 1. The number of carbonyl (C=O) groups is 3. The minimum atomic E-state index is -0.217. The molecule has 4 rings (SSSR count). The third-order valence-corrected chi connectivity index (χ3v) is 5.61. The van der Waals surface area contributed by atoms with Crippen LogP contribution in [0.4, 0.5) is 5.69 Å². The molecule has 1 saturated heterocycles. The average Bonchev–Trinajstić information content (AvgIpc) is 3.26. The summed E-state index contributed by atoms with van der Waals surface area (Å²) in [5.41, 5.74) is 2.57. The molecule has 2 heterocycles. The Labute approximate surface area is 186 Å². The van der Waals surface area contributed by atoms with Crippen LogP contribution in [-0.2, 0) is 0 Å². The van der Waals surface area contributed by atoms with Gasteiger partial charge in [0.2, 0.25) is 0 Å². The van der Waals surface area contributed by atoms with E-state index < -0.39 is 0 Å². The van der Waals surface area contributed by atoms with Crippen molar-refractivity contribution in [1.29, 1.82) is 0 Å². The first-order valence-corrected chi connectivity index (χ1v) is 10.6. The molecule has 7 nitrogen and oxygen atoms in total. The van der Waals surface area contributed by atoms with Crippen molar-refractivity contribution in [1.82, 2.24) is 10.2 Å². The fourth-order valence-electron chi connectivity index (χ4n) is 3.75. The highest BCUT2D eigenvalue weighted by Gasteiger charge is 2.26. The molecule has 1 aromatic heterocycles. The number of amides is 3. The Morgan fingerprint density at radius 1 is 0.875 bits per heavy atom. The summed E-state index contributed by atoms with van der Waals surface area (Å²) in [6.07, 6.45) is 2.87. The summed E-state index contributed by atoms with van der Waals surface area (Å²) >= 11 is 0. The van der Waals surface area contributed by atoms with Crippen molar-refractivity contribution in [2.24, 2.45) is 0 Å². The van der Waals surface area contributed by atoms with Crippen LogP contribution in [0.1, 0.15) is 49.7 Å². The Morgan fingerprint density at radius 3 is 2.19 bits per heavy atom. The molecule has 1 aliphatic rings. The van der Waals surface area contributed by atoms with Gasteiger partial charge in [-0.05, 0) is 62.2 Å². The van der Waals surface area contributed by atoms with E-state index in [1.807, 2.05) is 25.1 Å². The topological polar surface area (TPSA) is 91.7 Å². The Hall–Kier alpha value is -3.87. The molecular weight excluding hydrogens is 406 g/mol. The van der Waals surface area contributed by atoms with Gasteiger partial charge in [-0.25, -0.2) is 0 Å². The van der Waals surface area contributed by atoms with Gasteiger partial charge in [-0.15, -0.1) is 0 Å². The van der Waals surface area contributed by atoms with E-state index >= 15 is 0 Å². The molecule has 3 aromatic rings. The van der Waals surface area contributed by atoms with E-state index in [0.29, 0.717) is 48.5 Å². The zero-order valence-electron chi connectivity index (χ0n) is 17.8. The van der Waals surface area contributed by atoms with Crippen molar-refractivity contribution in [3.8, 4) is 0 Å². The van der Waals surface area contributed by atoms with Crippen molar-refractivity contribution < 1.29 is 18.8 Å². The maximum atomic E-state index is 12.9. The Kier molecular flexibility index (Phi) is 6.35. The quantitative estimate of drug-likeness (QED) is 0.641. The van der Waals surface area contributed by atoms with Gasteiger partial charge in [0.15, 0.2) is 5.76 Å². The number of hydrogen-bond acceptors (Lipinski definition) is 4. The van der Waals surface area contributed by atoms with Crippen molar-refractivity contribution in [3.05, 3.63) is 89.4 Å². The minimum absolute atomic E-state index is 0.00613. The molecule has 164 valence electrons. The molecule has 0 bridgehead atoms. The number of carbonyl (C=O) groups excluding carboxylic acids is 3. The summed E-state index contributed by atoms with van der Waals surface area (Å²) in [5, 5.41) is 5.82. The van der Waals surface area contributed by atoms with E-state index in [1.165, 1.54) is 6.26 Å². The molecule has 0 unspecified atom stereocenters. The summed E-state index contributed by atoms with van der Waals surface area (Å²) < 4.78 is 5.24.